The molecule has 11 heteroatoms. The van der Waals surface area contributed by atoms with Crippen LogP contribution in [0.2, 0.25) is 10.0 Å². The maximum Gasteiger partial charge on any atom is 0.236 e. The molecule has 0 spiro atoms. The Morgan fingerprint density at radius 3 is 2.83 bits per heavy atom. The number of thiazole rings is 1. The van der Waals surface area contributed by atoms with Crippen molar-refractivity contribution in [3.63, 3.8) is 0 Å². The van der Waals surface area contributed by atoms with Gasteiger partial charge in [0.1, 0.15) is 5.75 Å². The Balaban J connectivity index is 1.45. The van der Waals surface area contributed by atoms with Gasteiger partial charge in [0.2, 0.25) is 5.91 Å². The van der Waals surface area contributed by atoms with Crippen molar-refractivity contribution in [2.75, 3.05) is 17.7 Å². The van der Waals surface area contributed by atoms with Crippen LogP contribution < -0.4 is 10.1 Å². The largest absolute Gasteiger partial charge is 0.493 e. The summed E-state index contributed by atoms with van der Waals surface area (Å²) in [5.74, 6) is 1.31. The Morgan fingerprint density at radius 2 is 2.06 bits per heavy atom. The molecule has 35 heavy (non-hydrogen) atoms. The number of amides is 1. The van der Waals surface area contributed by atoms with Gasteiger partial charge in [-0.2, -0.15) is 0 Å². The first-order valence-electron chi connectivity index (χ1n) is 10.6. The fraction of sp³-hybridized carbons (Fsp3) is 0.167. The van der Waals surface area contributed by atoms with Gasteiger partial charge in [-0.25, -0.2) is 4.98 Å². The van der Waals surface area contributed by atoms with Gasteiger partial charge < -0.3 is 10.1 Å². The zero-order valence-corrected chi connectivity index (χ0v) is 21.8. The lowest BCUT2D eigenvalue weighted by Gasteiger charge is -2.11. The van der Waals surface area contributed by atoms with Crippen LogP contribution in [0.4, 0.5) is 5.13 Å². The zero-order chi connectivity index (χ0) is 24.8. The number of hydrogen-bond donors (Lipinski definition) is 1. The van der Waals surface area contributed by atoms with Gasteiger partial charge in [0.25, 0.3) is 0 Å². The Bertz CT molecular complexity index is 1360. The highest BCUT2D eigenvalue weighted by Gasteiger charge is 2.18. The molecule has 0 aliphatic rings. The summed E-state index contributed by atoms with van der Waals surface area (Å²) in [5, 5.41) is 15.5. The number of carbonyl (C=O) groups is 1. The van der Waals surface area contributed by atoms with Crippen LogP contribution in [0.15, 0.2) is 65.7 Å². The van der Waals surface area contributed by atoms with Crippen LogP contribution in [0.1, 0.15) is 6.92 Å². The van der Waals surface area contributed by atoms with Gasteiger partial charge in [-0.15, -0.1) is 28.1 Å². The van der Waals surface area contributed by atoms with Gasteiger partial charge in [0.15, 0.2) is 16.1 Å². The second-order valence-electron chi connectivity index (χ2n) is 7.13. The smallest absolute Gasteiger partial charge is 0.236 e. The lowest BCUT2D eigenvalue weighted by Crippen LogP contribution is -2.14. The summed E-state index contributed by atoms with van der Waals surface area (Å²) in [4.78, 5) is 17.1. The number of para-hydroxylation sites is 1. The Kier molecular flexibility index (Phi) is 8.46. The number of hydrogen-bond acceptors (Lipinski definition) is 7. The molecule has 2 aromatic carbocycles. The Labute approximate surface area is 221 Å². The second kappa shape index (κ2) is 11.7. The standard InChI is InChI=1S/C24H21Cl2N5O2S2/c1-3-11-31-22(17-7-5-6-8-20(17)33-4-2)29-30-24(31)35-14-21(32)28-23-27-19(13-34-23)16-10-9-15(25)12-18(16)26/h3,5-10,12-13H,1,4,11,14H2,2H3,(H,27,28,32). The van der Waals surface area contributed by atoms with Crippen molar-refractivity contribution in [1.29, 1.82) is 0 Å². The highest BCUT2D eigenvalue weighted by Crippen LogP contribution is 2.33. The lowest BCUT2D eigenvalue weighted by molar-refractivity contribution is -0.113. The highest BCUT2D eigenvalue weighted by molar-refractivity contribution is 7.99. The predicted molar refractivity (Wildman–Crippen MR) is 144 cm³/mol. The Hall–Kier alpha value is -2.85. The minimum atomic E-state index is -0.206. The molecule has 0 aliphatic carbocycles. The van der Waals surface area contributed by atoms with Crippen LogP contribution in [0, 0.1) is 0 Å². The summed E-state index contributed by atoms with van der Waals surface area (Å²) in [6.45, 7) is 6.80. The number of allylic oxidation sites excluding steroid dienone is 1. The van der Waals surface area contributed by atoms with E-state index in [4.69, 9.17) is 27.9 Å². The molecule has 0 aliphatic heterocycles. The number of carbonyl (C=O) groups excluding carboxylic acids is 1. The van der Waals surface area contributed by atoms with Crippen molar-refractivity contribution >= 4 is 57.3 Å². The maximum atomic E-state index is 12.6. The van der Waals surface area contributed by atoms with Crippen LogP contribution in [-0.4, -0.2) is 38.0 Å². The minimum absolute atomic E-state index is 0.138. The van der Waals surface area contributed by atoms with E-state index in [1.54, 1.807) is 24.3 Å². The summed E-state index contributed by atoms with van der Waals surface area (Å²) in [6.07, 6.45) is 1.76. The van der Waals surface area contributed by atoms with E-state index in [2.05, 4.69) is 27.1 Å². The average molecular weight is 547 g/mol. The number of halogens is 2. The van der Waals surface area contributed by atoms with E-state index in [1.165, 1.54) is 23.1 Å². The zero-order valence-electron chi connectivity index (χ0n) is 18.7. The first kappa shape index (κ1) is 25.2. The molecule has 180 valence electrons. The fourth-order valence-electron chi connectivity index (χ4n) is 3.26. The van der Waals surface area contributed by atoms with Gasteiger partial charge in [-0.05, 0) is 37.3 Å². The number of aromatic nitrogens is 4. The van der Waals surface area contributed by atoms with Crippen LogP contribution in [0.5, 0.6) is 5.75 Å². The quantitative estimate of drug-likeness (QED) is 0.176. The van der Waals surface area contributed by atoms with Crippen molar-refractivity contribution in [2.24, 2.45) is 0 Å². The summed E-state index contributed by atoms with van der Waals surface area (Å²) in [7, 11) is 0. The molecular weight excluding hydrogens is 525 g/mol. The van der Waals surface area contributed by atoms with Crippen LogP contribution in [0.25, 0.3) is 22.6 Å². The third-order valence-corrected chi connectivity index (χ3v) is 7.02. The minimum Gasteiger partial charge on any atom is -0.493 e. The first-order valence-corrected chi connectivity index (χ1v) is 13.2. The van der Waals surface area contributed by atoms with Gasteiger partial charge >= 0.3 is 0 Å². The summed E-state index contributed by atoms with van der Waals surface area (Å²) in [6, 6.07) is 12.9. The van der Waals surface area contributed by atoms with E-state index in [1.807, 2.05) is 41.1 Å². The monoisotopic (exact) mass is 545 g/mol. The maximum absolute atomic E-state index is 12.6. The molecule has 0 unspecified atom stereocenters. The third kappa shape index (κ3) is 6.05. The number of rotatable bonds is 10. The molecule has 0 saturated carbocycles. The van der Waals surface area contributed by atoms with Gasteiger partial charge in [0.05, 0.1) is 28.6 Å². The molecular formula is C24H21Cl2N5O2S2. The molecule has 0 saturated heterocycles. The van der Waals surface area contributed by atoms with E-state index < -0.39 is 0 Å². The first-order chi connectivity index (χ1) is 17.0. The number of thioether (sulfide) groups is 1. The molecule has 0 bridgehead atoms. The third-order valence-electron chi connectivity index (χ3n) is 4.75. The molecule has 4 rings (SSSR count). The normalized spacial score (nSPS) is 10.8. The number of anilines is 1. The van der Waals surface area contributed by atoms with Crippen LogP contribution in [-0.2, 0) is 11.3 Å². The van der Waals surface area contributed by atoms with Crippen molar-refractivity contribution in [1.82, 2.24) is 19.7 Å². The number of nitrogens with zero attached hydrogens (tertiary/aromatic N) is 4. The molecule has 0 radical (unpaired) electrons. The van der Waals surface area contributed by atoms with Crippen LogP contribution in [0.3, 0.4) is 0 Å². The summed E-state index contributed by atoms with van der Waals surface area (Å²) >= 11 is 14.8. The molecule has 1 amide bonds. The van der Waals surface area contributed by atoms with Gasteiger partial charge in [-0.3, -0.25) is 9.36 Å². The molecule has 2 heterocycles. The van der Waals surface area contributed by atoms with Crippen molar-refractivity contribution in [3.05, 3.63) is 70.5 Å². The topological polar surface area (TPSA) is 81.9 Å². The van der Waals surface area contributed by atoms with Crippen molar-refractivity contribution in [2.45, 2.75) is 18.6 Å². The van der Waals surface area contributed by atoms with Gasteiger partial charge in [-0.1, -0.05) is 53.2 Å². The predicted octanol–water partition coefficient (Wildman–Crippen LogP) is 6.69. The van der Waals surface area contributed by atoms with Crippen molar-refractivity contribution < 1.29 is 9.53 Å². The molecule has 2 aromatic heterocycles. The van der Waals surface area contributed by atoms with E-state index in [-0.39, 0.29) is 11.7 Å². The number of benzene rings is 2. The number of nitrogens with one attached hydrogen (secondary N) is 1. The van der Waals surface area contributed by atoms with Crippen LogP contribution >= 0.6 is 46.3 Å². The molecule has 7 nitrogen and oxygen atoms in total. The molecule has 0 atom stereocenters. The lowest BCUT2D eigenvalue weighted by atomic mass is 10.2. The number of ether oxygens (including phenoxy) is 1. The van der Waals surface area contributed by atoms with E-state index in [0.29, 0.717) is 45.0 Å². The molecule has 4 aromatic rings. The van der Waals surface area contributed by atoms with Gasteiger partial charge in [0, 0.05) is 22.5 Å². The van der Waals surface area contributed by atoms with E-state index in [9.17, 15) is 4.79 Å². The van der Waals surface area contributed by atoms with Crippen molar-refractivity contribution in [3.8, 4) is 28.4 Å². The Morgan fingerprint density at radius 1 is 1.23 bits per heavy atom. The SMILES string of the molecule is C=CCn1c(SCC(=O)Nc2nc(-c3ccc(Cl)cc3Cl)cs2)nnc1-c1ccccc1OCC. The summed E-state index contributed by atoms with van der Waals surface area (Å²) in [5.41, 5.74) is 2.25. The highest BCUT2D eigenvalue weighted by atomic mass is 35.5. The second-order valence-corrected chi connectivity index (χ2v) is 9.78. The molecule has 1 N–H and O–H groups in total. The fourth-order valence-corrected chi connectivity index (χ4v) is 5.24. The van der Waals surface area contributed by atoms with E-state index in [0.717, 1.165) is 16.9 Å². The molecule has 0 fully saturated rings. The average Bonchev–Trinajstić information content (AvgIpc) is 3.46. The summed E-state index contributed by atoms with van der Waals surface area (Å²) < 4.78 is 7.66. The van der Waals surface area contributed by atoms with E-state index >= 15 is 0 Å².